The zero-order chi connectivity index (χ0) is 12.7. The Morgan fingerprint density at radius 3 is 2.06 bits per heavy atom. The molecule has 1 aromatic carbocycles. The highest BCUT2D eigenvalue weighted by atomic mass is 14.9. The summed E-state index contributed by atoms with van der Waals surface area (Å²) in [5.41, 5.74) is 5.46. The van der Waals surface area contributed by atoms with Gasteiger partial charge < -0.3 is 5.32 Å². The van der Waals surface area contributed by atoms with E-state index in [4.69, 9.17) is 0 Å². The van der Waals surface area contributed by atoms with Crippen molar-refractivity contribution < 1.29 is 0 Å². The Balaban J connectivity index is 2.54. The van der Waals surface area contributed by atoms with Crippen LogP contribution in [-0.4, -0.2) is 6.54 Å². The molecule has 17 heavy (non-hydrogen) atoms. The first-order valence-corrected chi connectivity index (χ1v) is 6.66. The fraction of sp³-hybridized carbons (Fsp3) is 0.500. The predicted molar refractivity (Wildman–Crippen MR) is 76.3 cm³/mol. The molecule has 0 atom stereocenters. The maximum absolute atomic E-state index is 3.84. The van der Waals surface area contributed by atoms with Crippen LogP contribution in [0.5, 0.6) is 0 Å². The average Bonchev–Trinajstić information content (AvgIpc) is 2.34. The van der Waals surface area contributed by atoms with Crippen LogP contribution >= 0.6 is 0 Å². The van der Waals surface area contributed by atoms with Crippen molar-refractivity contribution in [2.24, 2.45) is 0 Å². The second kappa shape index (κ2) is 7.16. The van der Waals surface area contributed by atoms with Gasteiger partial charge in [0.05, 0.1) is 0 Å². The van der Waals surface area contributed by atoms with Gasteiger partial charge in [0.15, 0.2) is 0 Å². The molecule has 1 N–H and O–H groups in total. The third-order valence-electron chi connectivity index (χ3n) is 3.00. The quantitative estimate of drug-likeness (QED) is 0.702. The van der Waals surface area contributed by atoms with E-state index in [2.05, 4.69) is 43.9 Å². The summed E-state index contributed by atoms with van der Waals surface area (Å²) in [6, 6.07) is 7.02. The minimum Gasteiger partial charge on any atom is -0.389 e. The molecule has 0 spiro atoms. The van der Waals surface area contributed by atoms with Crippen molar-refractivity contribution in [2.45, 2.75) is 46.5 Å². The highest BCUT2D eigenvalue weighted by molar-refractivity contribution is 5.30. The van der Waals surface area contributed by atoms with Gasteiger partial charge in [-0.1, -0.05) is 38.6 Å². The number of aryl methyl sites for hydroxylation is 3. The third-order valence-corrected chi connectivity index (χ3v) is 3.00. The summed E-state index contributed by atoms with van der Waals surface area (Å²) in [4.78, 5) is 0. The Morgan fingerprint density at radius 1 is 1.06 bits per heavy atom. The third kappa shape index (κ3) is 5.08. The van der Waals surface area contributed by atoms with Gasteiger partial charge in [-0.2, -0.15) is 0 Å². The molecule has 94 valence electrons. The maximum atomic E-state index is 3.84. The minimum atomic E-state index is 1.02. The standard InChI is InChI=1S/C16H25N/c1-5-14-10-15(6-2)12-16(11-14)8-7-9-17-13(3)4/h10-12,17H,3,5-9H2,1-2,4H3. The van der Waals surface area contributed by atoms with Crippen molar-refractivity contribution in [3.05, 3.63) is 47.2 Å². The Bertz CT molecular complexity index is 344. The molecule has 0 radical (unpaired) electrons. The topological polar surface area (TPSA) is 12.0 Å². The molecule has 1 nitrogen and oxygen atoms in total. The largest absolute Gasteiger partial charge is 0.389 e. The van der Waals surface area contributed by atoms with E-state index in [0.717, 1.165) is 31.5 Å². The Morgan fingerprint density at radius 2 is 1.59 bits per heavy atom. The molecule has 0 aliphatic heterocycles. The molecule has 1 rings (SSSR count). The number of hydrogen-bond acceptors (Lipinski definition) is 1. The number of hydrogen-bond donors (Lipinski definition) is 1. The molecule has 0 saturated heterocycles. The zero-order valence-electron chi connectivity index (χ0n) is 11.5. The second-order valence-electron chi connectivity index (χ2n) is 4.68. The van der Waals surface area contributed by atoms with E-state index < -0.39 is 0 Å². The van der Waals surface area contributed by atoms with Crippen LogP contribution in [0.3, 0.4) is 0 Å². The first-order chi connectivity index (χ1) is 8.15. The van der Waals surface area contributed by atoms with E-state index in [1.54, 1.807) is 0 Å². The molecular weight excluding hydrogens is 206 g/mol. The van der Waals surface area contributed by atoms with E-state index in [-0.39, 0.29) is 0 Å². The van der Waals surface area contributed by atoms with Crippen molar-refractivity contribution in [1.29, 1.82) is 0 Å². The van der Waals surface area contributed by atoms with Crippen molar-refractivity contribution >= 4 is 0 Å². The molecule has 0 bridgehead atoms. The summed E-state index contributed by atoms with van der Waals surface area (Å²) in [5, 5.41) is 3.28. The number of rotatable bonds is 7. The van der Waals surface area contributed by atoms with Gasteiger partial charge >= 0.3 is 0 Å². The fourth-order valence-corrected chi connectivity index (χ4v) is 1.99. The van der Waals surface area contributed by atoms with Crippen molar-refractivity contribution in [1.82, 2.24) is 5.32 Å². The second-order valence-corrected chi connectivity index (χ2v) is 4.68. The molecule has 0 aromatic heterocycles. The summed E-state index contributed by atoms with van der Waals surface area (Å²) < 4.78 is 0. The molecule has 0 saturated carbocycles. The monoisotopic (exact) mass is 231 g/mol. The predicted octanol–water partition coefficient (Wildman–Crippen LogP) is 3.87. The summed E-state index contributed by atoms with van der Waals surface area (Å²) in [7, 11) is 0. The van der Waals surface area contributed by atoms with Gasteiger partial charge in [-0.15, -0.1) is 0 Å². The van der Waals surface area contributed by atoms with E-state index in [9.17, 15) is 0 Å². The zero-order valence-corrected chi connectivity index (χ0v) is 11.5. The number of benzene rings is 1. The first kappa shape index (κ1) is 13.8. The van der Waals surface area contributed by atoms with Gasteiger partial charge in [-0.25, -0.2) is 0 Å². The lowest BCUT2D eigenvalue weighted by Crippen LogP contribution is -2.12. The van der Waals surface area contributed by atoms with Crippen LogP contribution < -0.4 is 5.32 Å². The van der Waals surface area contributed by atoms with Gasteiger partial charge in [0.25, 0.3) is 0 Å². The van der Waals surface area contributed by atoms with Crippen LogP contribution in [0.15, 0.2) is 30.5 Å². The summed E-state index contributed by atoms with van der Waals surface area (Å²) in [5.74, 6) is 0. The maximum Gasteiger partial charge on any atom is 0.0146 e. The van der Waals surface area contributed by atoms with Gasteiger partial charge in [-0.3, -0.25) is 0 Å². The van der Waals surface area contributed by atoms with Crippen molar-refractivity contribution in [2.75, 3.05) is 6.54 Å². The molecule has 0 heterocycles. The molecule has 0 unspecified atom stereocenters. The van der Waals surface area contributed by atoms with Crippen molar-refractivity contribution in [3.8, 4) is 0 Å². The summed E-state index contributed by atoms with van der Waals surface area (Å²) >= 11 is 0. The fourth-order valence-electron chi connectivity index (χ4n) is 1.99. The molecule has 0 aliphatic carbocycles. The summed E-state index contributed by atoms with van der Waals surface area (Å²) in [6.45, 7) is 11.3. The molecule has 1 heteroatoms. The normalized spacial score (nSPS) is 10.3. The van der Waals surface area contributed by atoms with E-state index in [1.807, 2.05) is 6.92 Å². The lowest BCUT2D eigenvalue weighted by atomic mass is 10.00. The van der Waals surface area contributed by atoms with Crippen molar-refractivity contribution in [3.63, 3.8) is 0 Å². The van der Waals surface area contributed by atoms with Crippen LogP contribution in [0.2, 0.25) is 0 Å². The highest BCUT2D eigenvalue weighted by Crippen LogP contribution is 2.13. The van der Waals surface area contributed by atoms with E-state index in [0.29, 0.717) is 0 Å². The van der Waals surface area contributed by atoms with Gasteiger partial charge in [-0.05, 0) is 49.3 Å². The van der Waals surface area contributed by atoms with Crippen LogP contribution in [-0.2, 0) is 19.3 Å². The number of nitrogens with one attached hydrogen (secondary N) is 1. The van der Waals surface area contributed by atoms with Crippen LogP contribution in [0.4, 0.5) is 0 Å². The summed E-state index contributed by atoms with van der Waals surface area (Å²) in [6.07, 6.45) is 4.58. The lowest BCUT2D eigenvalue weighted by Gasteiger charge is -2.09. The molecule has 0 amide bonds. The van der Waals surface area contributed by atoms with Crippen LogP contribution in [0.1, 0.15) is 43.9 Å². The number of allylic oxidation sites excluding steroid dienone is 1. The average molecular weight is 231 g/mol. The van der Waals surface area contributed by atoms with Crippen LogP contribution in [0, 0.1) is 0 Å². The van der Waals surface area contributed by atoms with Crippen LogP contribution in [0.25, 0.3) is 0 Å². The van der Waals surface area contributed by atoms with Gasteiger partial charge in [0, 0.05) is 12.2 Å². The van der Waals surface area contributed by atoms with E-state index >= 15 is 0 Å². The molecule has 0 fully saturated rings. The Kier molecular flexibility index (Phi) is 5.82. The van der Waals surface area contributed by atoms with Gasteiger partial charge in [0.2, 0.25) is 0 Å². The minimum absolute atomic E-state index is 1.02. The van der Waals surface area contributed by atoms with Gasteiger partial charge in [0.1, 0.15) is 0 Å². The first-order valence-electron chi connectivity index (χ1n) is 6.66. The molecular formula is C16H25N. The molecule has 0 aliphatic rings. The molecule has 1 aromatic rings. The van der Waals surface area contributed by atoms with E-state index in [1.165, 1.54) is 23.1 Å². The Hall–Kier alpha value is -1.24. The smallest absolute Gasteiger partial charge is 0.0146 e. The SMILES string of the molecule is C=C(C)NCCCc1cc(CC)cc(CC)c1. The Labute approximate surface area is 106 Å². The lowest BCUT2D eigenvalue weighted by molar-refractivity contribution is 0.725. The highest BCUT2D eigenvalue weighted by Gasteiger charge is 1.99.